The smallest absolute Gasteiger partial charge is 0.123 e. The molecule has 2 atom stereocenters. The summed E-state index contributed by atoms with van der Waals surface area (Å²) in [6, 6.07) is 6.77. The molecule has 1 fully saturated rings. The molecule has 0 radical (unpaired) electrons. The van der Waals surface area contributed by atoms with E-state index in [9.17, 15) is 5.26 Å². The molecule has 1 saturated carbocycles. The van der Waals surface area contributed by atoms with E-state index in [2.05, 4.69) is 51.2 Å². The van der Waals surface area contributed by atoms with Gasteiger partial charge < -0.3 is 4.74 Å². The SMILES string of the molecule is CCNC1(C#N)CCCC(Oc2cc(C)cc(C)c2C)C1. The maximum absolute atomic E-state index is 9.53. The van der Waals surface area contributed by atoms with Gasteiger partial charge >= 0.3 is 0 Å². The van der Waals surface area contributed by atoms with Gasteiger partial charge in [0.25, 0.3) is 0 Å². The molecule has 3 heteroatoms. The van der Waals surface area contributed by atoms with Crippen LogP contribution in [0.25, 0.3) is 0 Å². The number of nitrogens with one attached hydrogen (secondary N) is 1. The first-order valence-corrected chi connectivity index (χ1v) is 7.90. The van der Waals surface area contributed by atoms with Gasteiger partial charge in [-0.1, -0.05) is 13.0 Å². The van der Waals surface area contributed by atoms with E-state index in [1.807, 2.05) is 0 Å². The minimum Gasteiger partial charge on any atom is -0.490 e. The molecule has 0 amide bonds. The Morgan fingerprint density at radius 2 is 2.14 bits per heavy atom. The maximum atomic E-state index is 9.53. The molecule has 1 aliphatic rings. The van der Waals surface area contributed by atoms with E-state index in [1.165, 1.54) is 16.7 Å². The highest BCUT2D eigenvalue weighted by atomic mass is 16.5. The van der Waals surface area contributed by atoms with Crippen LogP contribution < -0.4 is 10.1 Å². The number of nitrogens with zero attached hydrogens (tertiary/aromatic N) is 1. The molecule has 0 heterocycles. The van der Waals surface area contributed by atoms with Crippen LogP contribution in [0.4, 0.5) is 0 Å². The van der Waals surface area contributed by atoms with Crippen LogP contribution in [-0.4, -0.2) is 18.2 Å². The number of hydrogen-bond donors (Lipinski definition) is 1. The van der Waals surface area contributed by atoms with Gasteiger partial charge in [-0.25, -0.2) is 0 Å². The van der Waals surface area contributed by atoms with Gasteiger partial charge in [0.15, 0.2) is 0 Å². The highest BCUT2D eigenvalue weighted by Gasteiger charge is 2.37. The normalized spacial score (nSPS) is 25.4. The van der Waals surface area contributed by atoms with Crippen molar-refractivity contribution in [2.45, 2.75) is 65.0 Å². The number of benzene rings is 1. The van der Waals surface area contributed by atoms with Gasteiger partial charge in [-0.2, -0.15) is 5.26 Å². The van der Waals surface area contributed by atoms with Gasteiger partial charge in [-0.05, 0) is 69.3 Å². The van der Waals surface area contributed by atoms with Crippen molar-refractivity contribution in [3.8, 4) is 11.8 Å². The molecule has 114 valence electrons. The second-order valence-electron chi connectivity index (χ2n) is 6.27. The van der Waals surface area contributed by atoms with Crippen LogP contribution in [0.1, 0.15) is 49.3 Å². The number of rotatable bonds is 4. The Labute approximate surface area is 128 Å². The van der Waals surface area contributed by atoms with E-state index in [-0.39, 0.29) is 6.10 Å². The zero-order valence-corrected chi connectivity index (χ0v) is 13.6. The van der Waals surface area contributed by atoms with Crippen molar-refractivity contribution in [1.29, 1.82) is 5.26 Å². The molecule has 1 aromatic carbocycles. The van der Waals surface area contributed by atoms with Gasteiger partial charge in [0.1, 0.15) is 17.4 Å². The summed E-state index contributed by atoms with van der Waals surface area (Å²) in [6.07, 6.45) is 3.88. The lowest BCUT2D eigenvalue weighted by Crippen LogP contribution is -2.49. The van der Waals surface area contributed by atoms with E-state index in [0.29, 0.717) is 0 Å². The van der Waals surface area contributed by atoms with Gasteiger partial charge in [0.05, 0.1) is 6.07 Å². The molecule has 1 aromatic rings. The molecule has 0 saturated heterocycles. The van der Waals surface area contributed by atoms with Crippen molar-refractivity contribution in [3.63, 3.8) is 0 Å². The second kappa shape index (κ2) is 6.49. The van der Waals surface area contributed by atoms with Crippen LogP contribution >= 0.6 is 0 Å². The van der Waals surface area contributed by atoms with Gasteiger partial charge in [-0.15, -0.1) is 0 Å². The standard InChI is InChI=1S/C18H26N2O/c1-5-20-18(12-19)8-6-7-16(11-18)21-17-10-13(2)9-14(3)15(17)4/h9-10,16,20H,5-8,11H2,1-4H3. The summed E-state index contributed by atoms with van der Waals surface area (Å²) in [4.78, 5) is 0. The van der Waals surface area contributed by atoms with Crippen LogP contribution in [0.2, 0.25) is 0 Å². The fraction of sp³-hybridized carbons (Fsp3) is 0.611. The van der Waals surface area contributed by atoms with E-state index < -0.39 is 5.54 Å². The van der Waals surface area contributed by atoms with Crippen molar-refractivity contribution >= 4 is 0 Å². The van der Waals surface area contributed by atoms with Crippen LogP contribution in [0.15, 0.2) is 12.1 Å². The summed E-state index contributed by atoms with van der Waals surface area (Å²) in [7, 11) is 0. The third-order valence-electron chi connectivity index (χ3n) is 4.49. The molecule has 1 N–H and O–H groups in total. The number of aryl methyl sites for hydroxylation is 2. The van der Waals surface area contributed by atoms with E-state index in [0.717, 1.165) is 38.0 Å². The average Bonchev–Trinajstić information content (AvgIpc) is 2.45. The lowest BCUT2D eigenvalue weighted by atomic mass is 9.81. The zero-order chi connectivity index (χ0) is 15.5. The molecule has 2 unspecified atom stereocenters. The fourth-order valence-electron chi connectivity index (χ4n) is 3.27. The van der Waals surface area contributed by atoms with Crippen LogP contribution in [0.5, 0.6) is 5.75 Å². The first-order chi connectivity index (χ1) is 9.99. The van der Waals surface area contributed by atoms with Crippen molar-refractivity contribution in [1.82, 2.24) is 5.32 Å². The van der Waals surface area contributed by atoms with Gasteiger partial charge in [-0.3, -0.25) is 5.32 Å². The Bertz CT molecular complexity index is 543. The van der Waals surface area contributed by atoms with Crippen LogP contribution in [0.3, 0.4) is 0 Å². The highest BCUT2D eigenvalue weighted by Crippen LogP contribution is 2.32. The summed E-state index contributed by atoms with van der Waals surface area (Å²) in [5.74, 6) is 0.975. The number of ether oxygens (including phenoxy) is 1. The third-order valence-corrected chi connectivity index (χ3v) is 4.49. The van der Waals surface area contributed by atoms with Crippen LogP contribution in [0, 0.1) is 32.1 Å². The van der Waals surface area contributed by atoms with Crippen molar-refractivity contribution in [2.24, 2.45) is 0 Å². The molecule has 0 spiro atoms. The predicted octanol–water partition coefficient (Wildman–Crippen LogP) is 3.81. The summed E-state index contributed by atoms with van der Waals surface area (Å²) in [5, 5.41) is 12.9. The van der Waals surface area contributed by atoms with Crippen molar-refractivity contribution in [2.75, 3.05) is 6.54 Å². The number of hydrogen-bond acceptors (Lipinski definition) is 3. The van der Waals surface area contributed by atoms with E-state index in [4.69, 9.17) is 4.74 Å². The lowest BCUT2D eigenvalue weighted by molar-refractivity contribution is 0.112. The summed E-state index contributed by atoms with van der Waals surface area (Å²) >= 11 is 0. The number of nitriles is 1. The first kappa shape index (κ1) is 15.9. The maximum Gasteiger partial charge on any atom is 0.123 e. The summed E-state index contributed by atoms with van der Waals surface area (Å²) < 4.78 is 6.26. The lowest BCUT2D eigenvalue weighted by Gasteiger charge is -2.36. The molecule has 21 heavy (non-hydrogen) atoms. The Kier molecular flexibility index (Phi) is 4.90. The molecular formula is C18H26N2O. The fourth-order valence-corrected chi connectivity index (χ4v) is 3.27. The molecule has 3 nitrogen and oxygen atoms in total. The predicted molar refractivity (Wildman–Crippen MR) is 85.6 cm³/mol. The summed E-state index contributed by atoms with van der Waals surface area (Å²) in [5.41, 5.74) is 3.28. The van der Waals surface area contributed by atoms with Crippen LogP contribution in [-0.2, 0) is 0 Å². The van der Waals surface area contributed by atoms with Crippen molar-refractivity contribution < 1.29 is 4.74 Å². The molecule has 1 aliphatic carbocycles. The third kappa shape index (κ3) is 3.57. The minimum absolute atomic E-state index is 0.123. The van der Waals surface area contributed by atoms with E-state index in [1.54, 1.807) is 0 Å². The minimum atomic E-state index is -0.412. The Balaban J connectivity index is 2.15. The Hall–Kier alpha value is -1.53. The molecule has 0 bridgehead atoms. The summed E-state index contributed by atoms with van der Waals surface area (Å²) in [6.45, 7) is 9.20. The Morgan fingerprint density at radius 1 is 1.38 bits per heavy atom. The zero-order valence-electron chi connectivity index (χ0n) is 13.6. The topological polar surface area (TPSA) is 45.0 Å². The second-order valence-corrected chi connectivity index (χ2v) is 6.27. The highest BCUT2D eigenvalue weighted by molar-refractivity contribution is 5.42. The monoisotopic (exact) mass is 286 g/mol. The quantitative estimate of drug-likeness (QED) is 0.915. The van der Waals surface area contributed by atoms with Gasteiger partial charge in [0, 0.05) is 6.42 Å². The van der Waals surface area contributed by atoms with Crippen molar-refractivity contribution in [3.05, 3.63) is 28.8 Å². The largest absolute Gasteiger partial charge is 0.490 e. The Morgan fingerprint density at radius 3 is 2.81 bits per heavy atom. The molecule has 2 rings (SSSR count). The first-order valence-electron chi connectivity index (χ1n) is 7.90. The molecule has 0 aliphatic heterocycles. The van der Waals surface area contributed by atoms with E-state index >= 15 is 0 Å². The van der Waals surface area contributed by atoms with Gasteiger partial charge in [0.2, 0.25) is 0 Å². The average molecular weight is 286 g/mol. The molecule has 0 aromatic heterocycles. The molecular weight excluding hydrogens is 260 g/mol.